The average molecular weight is 320 g/mol. The van der Waals surface area contributed by atoms with Crippen molar-refractivity contribution in [3.63, 3.8) is 0 Å². The molecule has 94 valence electrons. The first-order valence-corrected chi connectivity index (χ1v) is 6.62. The molecule has 5 nitrogen and oxygen atoms in total. The van der Waals surface area contributed by atoms with E-state index in [0.717, 1.165) is 9.35 Å². The van der Waals surface area contributed by atoms with Crippen molar-refractivity contribution in [2.24, 2.45) is 10.9 Å². The molecule has 0 aliphatic rings. The highest BCUT2D eigenvalue weighted by Crippen LogP contribution is 2.28. The predicted molar refractivity (Wildman–Crippen MR) is 71.7 cm³/mol. The minimum Gasteiger partial charge on any atom is -0.409 e. The van der Waals surface area contributed by atoms with E-state index in [-0.39, 0.29) is 18.3 Å². The first-order valence-electron chi connectivity index (χ1n) is 5.01. The van der Waals surface area contributed by atoms with Crippen LogP contribution in [0.1, 0.15) is 22.2 Å². The summed E-state index contributed by atoms with van der Waals surface area (Å²) in [6, 6.07) is 1.83. The third kappa shape index (κ3) is 3.44. The van der Waals surface area contributed by atoms with Gasteiger partial charge in [-0.05, 0) is 41.4 Å². The molecular weight excluding hydrogens is 306 g/mol. The van der Waals surface area contributed by atoms with Gasteiger partial charge in [0.2, 0.25) is 0 Å². The van der Waals surface area contributed by atoms with Crippen LogP contribution in [0.2, 0.25) is 0 Å². The highest BCUT2D eigenvalue weighted by molar-refractivity contribution is 9.11. The molecule has 1 heterocycles. The Morgan fingerprint density at radius 2 is 2.35 bits per heavy atom. The van der Waals surface area contributed by atoms with E-state index in [1.54, 1.807) is 0 Å². The van der Waals surface area contributed by atoms with E-state index >= 15 is 0 Å². The molecule has 0 aliphatic heterocycles. The van der Waals surface area contributed by atoms with Gasteiger partial charge in [0.25, 0.3) is 5.91 Å². The van der Waals surface area contributed by atoms with Crippen molar-refractivity contribution in [2.75, 3.05) is 13.1 Å². The highest BCUT2D eigenvalue weighted by atomic mass is 79.9. The zero-order valence-corrected chi connectivity index (χ0v) is 12.0. The molecule has 1 amide bonds. The molecule has 0 bridgehead atoms. The van der Waals surface area contributed by atoms with Crippen LogP contribution in [-0.4, -0.2) is 34.9 Å². The van der Waals surface area contributed by atoms with Gasteiger partial charge in [0.15, 0.2) is 5.84 Å². The number of hydrogen-bond donors (Lipinski definition) is 2. The van der Waals surface area contributed by atoms with E-state index in [1.165, 1.54) is 16.2 Å². The summed E-state index contributed by atoms with van der Waals surface area (Å²) in [5.74, 6) is -0.0922. The Labute approximate surface area is 112 Å². The summed E-state index contributed by atoms with van der Waals surface area (Å²) >= 11 is 4.76. The highest BCUT2D eigenvalue weighted by Gasteiger charge is 2.18. The van der Waals surface area contributed by atoms with Gasteiger partial charge in [-0.3, -0.25) is 4.79 Å². The molecule has 0 aliphatic carbocycles. The van der Waals surface area contributed by atoms with E-state index in [2.05, 4.69) is 21.1 Å². The van der Waals surface area contributed by atoms with Crippen molar-refractivity contribution in [3.8, 4) is 0 Å². The van der Waals surface area contributed by atoms with Crippen molar-refractivity contribution >= 4 is 39.0 Å². The van der Waals surface area contributed by atoms with Crippen molar-refractivity contribution in [1.29, 1.82) is 0 Å². The largest absolute Gasteiger partial charge is 0.409 e. The maximum Gasteiger partial charge on any atom is 0.264 e. The standard InChI is InChI=1S/C10H14BrN3O2S/c1-3-14(5-8(12)13-16)10(15)7-4-6(2)9(11)17-7/h4,16H,3,5H2,1-2H3,(H2,12,13). The number of nitrogens with zero attached hydrogens (tertiary/aromatic N) is 2. The number of oxime groups is 1. The molecule has 17 heavy (non-hydrogen) atoms. The quantitative estimate of drug-likeness (QED) is 0.386. The normalized spacial score (nSPS) is 11.6. The molecule has 0 spiro atoms. The molecule has 7 heteroatoms. The Bertz CT molecular complexity index is 425. The Morgan fingerprint density at radius 3 is 2.76 bits per heavy atom. The predicted octanol–water partition coefficient (Wildman–Crippen LogP) is 2.03. The monoisotopic (exact) mass is 319 g/mol. The van der Waals surface area contributed by atoms with Crippen molar-refractivity contribution in [2.45, 2.75) is 13.8 Å². The maximum absolute atomic E-state index is 12.1. The number of halogens is 1. The molecule has 3 N–H and O–H groups in total. The summed E-state index contributed by atoms with van der Waals surface area (Å²) in [6.45, 7) is 4.40. The Balaban J connectivity index is 2.86. The van der Waals surface area contributed by atoms with Gasteiger partial charge in [-0.1, -0.05) is 5.16 Å². The van der Waals surface area contributed by atoms with Crippen molar-refractivity contribution < 1.29 is 10.0 Å². The van der Waals surface area contributed by atoms with Crippen molar-refractivity contribution in [1.82, 2.24) is 4.90 Å². The number of hydrogen-bond acceptors (Lipinski definition) is 4. The lowest BCUT2D eigenvalue weighted by Gasteiger charge is -2.18. The zero-order valence-electron chi connectivity index (χ0n) is 9.61. The summed E-state index contributed by atoms with van der Waals surface area (Å²) in [4.78, 5) is 14.3. The van der Waals surface area contributed by atoms with Gasteiger partial charge in [0.05, 0.1) is 15.2 Å². The molecule has 1 aromatic heterocycles. The third-order valence-electron chi connectivity index (χ3n) is 2.22. The lowest BCUT2D eigenvalue weighted by atomic mass is 10.3. The van der Waals surface area contributed by atoms with Gasteiger partial charge in [0, 0.05) is 6.54 Å². The first kappa shape index (κ1) is 14.0. The minimum absolute atomic E-state index is 0.0209. The molecule has 0 fully saturated rings. The Hall–Kier alpha value is -1.08. The fourth-order valence-electron chi connectivity index (χ4n) is 1.28. The van der Waals surface area contributed by atoms with Gasteiger partial charge in [0.1, 0.15) is 0 Å². The number of amides is 1. The summed E-state index contributed by atoms with van der Waals surface area (Å²) in [7, 11) is 0. The minimum atomic E-state index is -0.113. The zero-order chi connectivity index (χ0) is 13.0. The molecule has 0 atom stereocenters. The van der Waals surface area contributed by atoms with E-state index in [9.17, 15) is 4.79 Å². The Morgan fingerprint density at radius 1 is 1.71 bits per heavy atom. The summed E-state index contributed by atoms with van der Waals surface area (Å²) in [6.07, 6.45) is 0. The molecule has 0 saturated carbocycles. The van der Waals surface area contributed by atoms with Crippen LogP contribution in [0.25, 0.3) is 0 Å². The van der Waals surface area contributed by atoms with E-state index < -0.39 is 0 Å². The van der Waals surface area contributed by atoms with Gasteiger partial charge in [-0.25, -0.2) is 0 Å². The Kier molecular flexibility index (Phi) is 4.95. The molecule has 1 aromatic rings. The number of likely N-dealkylation sites (N-methyl/N-ethyl adjacent to an activating group) is 1. The topological polar surface area (TPSA) is 78.9 Å². The van der Waals surface area contributed by atoms with Gasteiger partial charge < -0.3 is 15.8 Å². The number of carbonyl (C=O) groups excluding carboxylic acids is 1. The second-order valence-corrected chi connectivity index (χ2v) is 5.85. The third-order valence-corrected chi connectivity index (χ3v) is 4.34. The van der Waals surface area contributed by atoms with Crippen LogP contribution in [0.5, 0.6) is 0 Å². The van der Waals surface area contributed by atoms with Crippen LogP contribution < -0.4 is 5.73 Å². The molecular formula is C10H14BrN3O2S. The second-order valence-electron chi connectivity index (χ2n) is 3.48. The molecule has 0 saturated heterocycles. The van der Waals surface area contributed by atoms with E-state index in [0.29, 0.717) is 11.4 Å². The van der Waals surface area contributed by atoms with Crippen LogP contribution in [0.15, 0.2) is 15.0 Å². The number of nitrogens with two attached hydrogens (primary N) is 1. The van der Waals surface area contributed by atoms with Gasteiger partial charge in [-0.2, -0.15) is 0 Å². The summed E-state index contributed by atoms with van der Waals surface area (Å²) in [5.41, 5.74) is 6.43. The van der Waals surface area contributed by atoms with Gasteiger partial charge >= 0.3 is 0 Å². The number of carbonyl (C=O) groups is 1. The summed E-state index contributed by atoms with van der Waals surface area (Å²) < 4.78 is 0.945. The lowest BCUT2D eigenvalue weighted by molar-refractivity contribution is 0.0791. The van der Waals surface area contributed by atoms with Crippen LogP contribution in [-0.2, 0) is 0 Å². The van der Waals surface area contributed by atoms with Gasteiger partial charge in [-0.15, -0.1) is 11.3 Å². The molecule has 0 radical (unpaired) electrons. The van der Waals surface area contributed by atoms with E-state index in [4.69, 9.17) is 10.9 Å². The maximum atomic E-state index is 12.1. The smallest absolute Gasteiger partial charge is 0.264 e. The van der Waals surface area contributed by atoms with Crippen LogP contribution in [0.3, 0.4) is 0 Å². The first-order chi connectivity index (χ1) is 7.99. The van der Waals surface area contributed by atoms with Crippen LogP contribution in [0, 0.1) is 6.92 Å². The number of amidine groups is 1. The molecule has 0 unspecified atom stereocenters. The number of aryl methyl sites for hydroxylation is 1. The SMILES string of the molecule is CCN(CC(N)=NO)C(=O)c1cc(C)c(Br)s1. The van der Waals surface area contributed by atoms with Crippen LogP contribution in [0.4, 0.5) is 0 Å². The summed E-state index contributed by atoms with van der Waals surface area (Å²) in [5, 5.41) is 11.4. The van der Waals surface area contributed by atoms with Crippen LogP contribution >= 0.6 is 27.3 Å². The molecule has 1 rings (SSSR count). The fourth-order valence-corrected chi connectivity index (χ4v) is 2.78. The number of thiophene rings is 1. The number of rotatable bonds is 4. The van der Waals surface area contributed by atoms with Crippen molar-refractivity contribution in [3.05, 3.63) is 20.3 Å². The lowest BCUT2D eigenvalue weighted by Crippen LogP contribution is -2.38. The second kappa shape index (κ2) is 6.02. The fraction of sp³-hybridized carbons (Fsp3) is 0.400. The average Bonchev–Trinajstić information content (AvgIpc) is 2.65. The van der Waals surface area contributed by atoms with E-state index in [1.807, 2.05) is 19.9 Å². The molecule has 0 aromatic carbocycles.